The van der Waals surface area contributed by atoms with Crippen molar-refractivity contribution in [3.05, 3.63) is 0 Å². The average molecular weight is 279 g/mol. The molecule has 3 aliphatic rings. The highest BCUT2D eigenvalue weighted by atomic mass is 16.2. The van der Waals surface area contributed by atoms with Gasteiger partial charge in [0.2, 0.25) is 5.91 Å². The van der Waals surface area contributed by atoms with E-state index in [1.807, 2.05) is 0 Å². The zero-order valence-electron chi connectivity index (χ0n) is 12.7. The van der Waals surface area contributed by atoms with Gasteiger partial charge in [0.05, 0.1) is 0 Å². The lowest BCUT2D eigenvalue weighted by Crippen LogP contribution is -2.48. The normalized spacial score (nSPS) is 29.6. The Labute approximate surface area is 122 Å². The monoisotopic (exact) mass is 279 g/mol. The third kappa shape index (κ3) is 3.73. The second-order valence-electron chi connectivity index (χ2n) is 6.97. The van der Waals surface area contributed by atoms with E-state index < -0.39 is 0 Å². The number of hydrogen-bond acceptors (Lipinski definition) is 3. The second kappa shape index (κ2) is 6.44. The maximum Gasteiger partial charge on any atom is 0.225 e. The summed E-state index contributed by atoms with van der Waals surface area (Å²) in [7, 11) is 0. The van der Waals surface area contributed by atoms with Gasteiger partial charge in [-0.2, -0.15) is 0 Å². The molecule has 0 aromatic carbocycles. The molecule has 0 radical (unpaired) electrons. The molecule has 3 fully saturated rings. The molecule has 0 spiro atoms. The standard InChI is InChI=1S/C16H29N3O/c1-12(11-15-3-2-8-17-15)18-14-6-9-19(10-7-14)16(20)13-4-5-13/h12-15,17-18H,2-11H2,1H3. The molecule has 2 saturated heterocycles. The zero-order chi connectivity index (χ0) is 13.9. The van der Waals surface area contributed by atoms with Crippen molar-refractivity contribution in [2.24, 2.45) is 5.92 Å². The van der Waals surface area contributed by atoms with Crippen LogP contribution in [0.2, 0.25) is 0 Å². The fraction of sp³-hybridized carbons (Fsp3) is 0.938. The smallest absolute Gasteiger partial charge is 0.225 e. The summed E-state index contributed by atoms with van der Waals surface area (Å²) >= 11 is 0. The third-order valence-electron chi connectivity index (χ3n) is 5.05. The lowest BCUT2D eigenvalue weighted by molar-refractivity contribution is -0.133. The summed E-state index contributed by atoms with van der Waals surface area (Å²) < 4.78 is 0. The van der Waals surface area contributed by atoms with Crippen LogP contribution >= 0.6 is 0 Å². The zero-order valence-corrected chi connectivity index (χ0v) is 12.7. The van der Waals surface area contributed by atoms with Crippen LogP contribution in [-0.2, 0) is 4.79 Å². The van der Waals surface area contributed by atoms with Gasteiger partial charge < -0.3 is 15.5 Å². The van der Waals surface area contributed by atoms with Crippen LogP contribution in [0.15, 0.2) is 0 Å². The summed E-state index contributed by atoms with van der Waals surface area (Å²) in [5.41, 5.74) is 0. The van der Waals surface area contributed by atoms with Crippen LogP contribution in [0.5, 0.6) is 0 Å². The van der Waals surface area contributed by atoms with Gasteiger partial charge in [-0.3, -0.25) is 4.79 Å². The molecule has 2 atom stereocenters. The SMILES string of the molecule is CC(CC1CCCN1)NC1CCN(C(=O)C2CC2)CC1. The van der Waals surface area contributed by atoms with Crippen molar-refractivity contribution in [1.29, 1.82) is 0 Å². The molecule has 4 heteroatoms. The van der Waals surface area contributed by atoms with Crippen molar-refractivity contribution < 1.29 is 4.79 Å². The van der Waals surface area contributed by atoms with Gasteiger partial charge in [-0.05, 0) is 58.4 Å². The summed E-state index contributed by atoms with van der Waals surface area (Å²) in [5, 5.41) is 7.35. The highest BCUT2D eigenvalue weighted by Crippen LogP contribution is 2.31. The maximum atomic E-state index is 12.0. The van der Waals surface area contributed by atoms with E-state index in [1.165, 1.54) is 25.8 Å². The summed E-state index contributed by atoms with van der Waals surface area (Å²) in [4.78, 5) is 14.1. The number of hydrogen-bond donors (Lipinski definition) is 2. The lowest BCUT2D eigenvalue weighted by atomic mass is 10.0. The second-order valence-corrected chi connectivity index (χ2v) is 6.97. The summed E-state index contributed by atoms with van der Waals surface area (Å²) in [6, 6.07) is 1.91. The fourth-order valence-corrected chi connectivity index (χ4v) is 3.71. The van der Waals surface area contributed by atoms with E-state index >= 15 is 0 Å². The fourth-order valence-electron chi connectivity index (χ4n) is 3.71. The minimum Gasteiger partial charge on any atom is -0.342 e. The van der Waals surface area contributed by atoms with Crippen molar-refractivity contribution in [1.82, 2.24) is 15.5 Å². The van der Waals surface area contributed by atoms with Gasteiger partial charge in [-0.15, -0.1) is 0 Å². The Morgan fingerprint density at radius 2 is 2.00 bits per heavy atom. The van der Waals surface area contributed by atoms with Crippen LogP contribution in [0.1, 0.15) is 51.9 Å². The Bertz CT molecular complexity index is 329. The highest BCUT2D eigenvalue weighted by Gasteiger charge is 2.35. The molecule has 0 aromatic rings. The number of carbonyl (C=O) groups is 1. The van der Waals surface area contributed by atoms with Gasteiger partial charge in [0.15, 0.2) is 0 Å². The Morgan fingerprint density at radius 3 is 2.60 bits per heavy atom. The number of nitrogens with one attached hydrogen (secondary N) is 2. The van der Waals surface area contributed by atoms with Crippen LogP contribution in [0.25, 0.3) is 0 Å². The molecule has 2 heterocycles. The van der Waals surface area contributed by atoms with Crippen LogP contribution in [-0.4, -0.2) is 48.6 Å². The minimum atomic E-state index is 0.381. The van der Waals surface area contributed by atoms with Gasteiger partial charge in [0, 0.05) is 37.1 Å². The van der Waals surface area contributed by atoms with Gasteiger partial charge in [-0.25, -0.2) is 0 Å². The summed E-state index contributed by atoms with van der Waals surface area (Å²) in [5.74, 6) is 0.804. The molecule has 4 nitrogen and oxygen atoms in total. The van der Waals surface area contributed by atoms with Gasteiger partial charge in [0.1, 0.15) is 0 Å². The Balaban J connectivity index is 1.36. The van der Waals surface area contributed by atoms with Crippen molar-refractivity contribution >= 4 is 5.91 Å². The molecule has 1 aliphatic carbocycles. The van der Waals surface area contributed by atoms with Crippen LogP contribution in [0.4, 0.5) is 0 Å². The Hall–Kier alpha value is -0.610. The first-order valence-electron chi connectivity index (χ1n) is 8.50. The maximum absolute atomic E-state index is 12.0. The average Bonchev–Trinajstić information content (AvgIpc) is 3.18. The minimum absolute atomic E-state index is 0.381. The van der Waals surface area contributed by atoms with Gasteiger partial charge in [0.25, 0.3) is 0 Å². The molecule has 1 amide bonds. The first-order valence-corrected chi connectivity index (χ1v) is 8.50. The van der Waals surface area contributed by atoms with E-state index in [9.17, 15) is 4.79 Å². The number of nitrogens with zero attached hydrogens (tertiary/aromatic N) is 1. The molecule has 114 valence electrons. The van der Waals surface area contributed by atoms with Crippen LogP contribution in [0, 0.1) is 5.92 Å². The van der Waals surface area contributed by atoms with Crippen molar-refractivity contribution in [3.63, 3.8) is 0 Å². The van der Waals surface area contributed by atoms with Gasteiger partial charge in [-0.1, -0.05) is 0 Å². The quantitative estimate of drug-likeness (QED) is 0.802. The summed E-state index contributed by atoms with van der Waals surface area (Å²) in [6.07, 6.45) is 8.41. The van der Waals surface area contributed by atoms with Crippen LogP contribution < -0.4 is 10.6 Å². The molecule has 0 aromatic heterocycles. The molecule has 3 rings (SSSR count). The molecule has 20 heavy (non-hydrogen) atoms. The van der Waals surface area contributed by atoms with E-state index in [0.29, 0.717) is 30.0 Å². The number of carbonyl (C=O) groups excluding carboxylic acids is 1. The number of piperidine rings is 1. The Kier molecular flexibility index (Phi) is 4.61. The molecule has 2 N–H and O–H groups in total. The number of rotatable bonds is 5. The van der Waals surface area contributed by atoms with Crippen molar-refractivity contribution in [3.8, 4) is 0 Å². The van der Waals surface area contributed by atoms with E-state index in [0.717, 1.165) is 38.8 Å². The molecule has 0 bridgehead atoms. The van der Waals surface area contributed by atoms with Crippen LogP contribution in [0.3, 0.4) is 0 Å². The van der Waals surface area contributed by atoms with Crippen molar-refractivity contribution in [2.45, 2.75) is 70.0 Å². The molecular formula is C16H29N3O. The molecular weight excluding hydrogens is 250 g/mol. The van der Waals surface area contributed by atoms with Crippen molar-refractivity contribution in [2.75, 3.05) is 19.6 Å². The van der Waals surface area contributed by atoms with Gasteiger partial charge >= 0.3 is 0 Å². The van der Waals surface area contributed by atoms with E-state index in [-0.39, 0.29) is 0 Å². The molecule has 2 aliphatic heterocycles. The predicted octanol–water partition coefficient (Wildman–Crippen LogP) is 1.51. The number of likely N-dealkylation sites (tertiary alicyclic amines) is 1. The van der Waals surface area contributed by atoms with E-state index in [1.54, 1.807) is 0 Å². The predicted molar refractivity (Wildman–Crippen MR) is 80.6 cm³/mol. The third-order valence-corrected chi connectivity index (χ3v) is 5.05. The molecule has 2 unspecified atom stereocenters. The largest absolute Gasteiger partial charge is 0.342 e. The lowest BCUT2D eigenvalue weighted by Gasteiger charge is -2.34. The summed E-state index contributed by atoms with van der Waals surface area (Å²) in [6.45, 7) is 5.42. The van der Waals surface area contributed by atoms with E-state index in [4.69, 9.17) is 0 Å². The Morgan fingerprint density at radius 1 is 1.25 bits per heavy atom. The molecule has 1 saturated carbocycles. The first-order chi connectivity index (χ1) is 9.72. The van der Waals surface area contributed by atoms with E-state index in [2.05, 4.69) is 22.5 Å². The highest BCUT2D eigenvalue weighted by molar-refractivity contribution is 5.81. The number of amides is 1. The first kappa shape index (κ1) is 14.3. The topological polar surface area (TPSA) is 44.4 Å².